The molecule has 1 aliphatic rings. The highest BCUT2D eigenvalue weighted by molar-refractivity contribution is 14.1. The van der Waals surface area contributed by atoms with Crippen molar-refractivity contribution in [1.29, 1.82) is 5.26 Å². The summed E-state index contributed by atoms with van der Waals surface area (Å²) >= 11 is 4.27. The molecule has 3 heteroatoms. The Morgan fingerprint density at radius 1 is 1.50 bits per heavy atom. The molecule has 0 aliphatic carbocycles. The maximum atomic E-state index is 9.09. The third-order valence-corrected chi connectivity index (χ3v) is 4.58. The summed E-state index contributed by atoms with van der Waals surface area (Å²) in [7, 11) is 0. The minimum atomic E-state index is -0.0105. The molecule has 0 bridgehead atoms. The standard InChI is InChI=1S/C9H14INS/c10-6-3-5-9(8-11)4-1-2-7-12-9/h1-7H2. The number of nitrogens with zero attached hydrogens (tertiary/aromatic N) is 1. The molecule has 0 amide bonds. The molecule has 1 heterocycles. The van der Waals surface area contributed by atoms with E-state index in [2.05, 4.69) is 28.7 Å². The van der Waals surface area contributed by atoms with Crippen molar-refractivity contribution in [2.75, 3.05) is 10.2 Å². The summed E-state index contributed by atoms with van der Waals surface area (Å²) in [6.45, 7) is 0. The number of hydrogen-bond acceptors (Lipinski definition) is 2. The topological polar surface area (TPSA) is 23.8 Å². The molecule has 0 aromatic heterocycles. The van der Waals surface area contributed by atoms with Crippen LogP contribution in [-0.4, -0.2) is 14.9 Å². The highest BCUT2D eigenvalue weighted by Crippen LogP contribution is 2.39. The summed E-state index contributed by atoms with van der Waals surface area (Å²) < 4.78 is 1.17. The SMILES string of the molecule is N#CC1(CCCI)CCCCS1. The summed E-state index contributed by atoms with van der Waals surface area (Å²) in [6.07, 6.45) is 5.96. The Balaban J connectivity index is 2.44. The Labute approximate surface area is 92.4 Å². The molecular formula is C9H14INS. The molecular weight excluding hydrogens is 281 g/mol. The summed E-state index contributed by atoms with van der Waals surface area (Å²) in [4.78, 5) is 0. The molecule has 1 unspecified atom stereocenters. The normalized spacial score (nSPS) is 29.7. The number of thioether (sulfide) groups is 1. The average molecular weight is 295 g/mol. The molecule has 0 aromatic rings. The minimum absolute atomic E-state index is 0.0105. The van der Waals surface area contributed by atoms with Crippen LogP contribution in [0.1, 0.15) is 32.1 Å². The van der Waals surface area contributed by atoms with Gasteiger partial charge in [-0.25, -0.2) is 0 Å². The van der Waals surface area contributed by atoms with E-state index >= 15 is 0 Å². The first kappa shape index (κ1) is 10.6. The second-order valence-electron chi connectivity index (χ2n) is 3.20. The lowest BCUT2D eigenvalue weighted by Crippen LogP contribution is -2.26. The van der Waals surface area contributed by atoms with E-state index in [1.165, 1.54) is 29.4 Å². The first-order valence-electron chi connectivity index (χ1n) is 4.44. The largest absolute Gasteiger partial charge is 0.197 e. The minimum Gasteiger partial charge on any atom is -0.197 e. The zero-order valence-corrected chi connectivity index (χ0v) is 10.2. The van der Waals surface area contributed by atoms with E-state index in [0.29, 0.717) is 0 Å². The van der Waals surface area contributed by atoms with Crippen molar-refractivity contribution in [2.45, 2.75) is 36.9 Å². The van der Waals surface area contributed by atoms with E-state index in [1.54, 1.807) is 0 Å². The van der Waals surface area contributed by atoms with Gasteiger partial charge in [0.25, 0.3) is 0 Å². The zero-order chi connectivity index (χ0) is 8.86. The highest BCUT2D eigenvalue weighted by Gasteiger charge is 2.31. The third-order valence-electron chi connectivity index (χ3n) is 2.27. The predicted molar refractivity (Wildman–Crippen MR) is 62.8 cm³/mol. The molecule has 0 saturated carbocycles. The number of nitriles is 1. The third kappa shape index (κ3) is 2.81. The van der Waals surface area contributed by atoms with Gasteiger partial charge in [0, 0.05) is 0 Å². The average Bonchev–Trinajstić information content (AvgIpc) is 2.16. The van der Waals surface area contributed by atoms with Gasteiger partial charge in [0.05, 0.1) is 6.07 Å². The molecule has 0 N–H and O–H groups in total. The Hall–Kier alpha value is 0.570. The maximum absolute atomic E-state index is 9.09. The molecule has 0 aromatic carbocycles. The van der Waals surface area contributed by atoms with Crippen LogP contribution in [-0.2, 0) is 0 Å². The molecule has 1 nitrogen and oxygen atoms in total. The number of rotatable bonds is 3. The summed E-state index contributed by atoms with van der Waals surface area (Å²) in [5, 5.41) is 9.09. The molecule has 0 radical (unpaired) electrons. The monoisotopic (exact) mass is 295 g/mol. The van der Waals surface area contributed by atoms with E-state index in [-0.39, 0.29) is 4.75 Å². The lowest BCUT2D eigenvalue weighted by atomic mass is 9.97. The van der Waals surface area contributed by atoms with E-state index in [9.17, 15) is 0 Å². The smallest absolute Gasteiger partial charge is 0.102 e. The number of alkyl halides is 1. The zero-order valence-electron chi connectivity index (χ0n) is 7.18. The van der Waals surface area contributed by atoms with Gasteiger partial charge in [0.1, 0.15) is 4.75 Å². The van der Waals surface area contributed by atoms with E-state index in [0.717, 1.165) is 12.8 Å². The van der Waals surface area contributed by atoms with Crippen LogP contribution in [0.25, 0.3) is 0 Å². The molecule has 1 aliphatic heterocycles. The van der Waals surface area contributed by atoms with E-state index in [1.807, 2.05) is 11.8 Å². The van der Waals surface area contributed by atoms with Crippen LogP contribution in [0.2, 0.25) is 0 Å². The summed E-state index contributed by atoms with van der Waals surface area (Å²) in [5.74, 6) is 1.19. The Bertz CT molecular complexity index is 170. The fourth-order valence-corrected chi connectivity index (χ4v) is 3.31. The second kappa shape index (κ2) is 5.33. The Morgan fingerprint density at radius 2 is 2.33 bits per heavy atom. The lowest BCUT2D eigenvalue weighted by molar-refractivity contribution is 0.549. The van der Waals surface area contributed by atoms with Crippen LogP contribution in [0, 0.1) is 11.3 Å². The first-order chi connectivity index (χ1) is 5.83. The maximum Gasteiger partial charge on any atom is 0.102 e. The van der Waals surface area contributed by atoms with Gasteiger partial charge in [-0.05, 0) is 35.9 Å². The van der Waals surface area contributed by atoms with Crippen molar-refractivity contribution in [3.8, 4) is 6.07 Å². The predicted octanol–water partition coefficient (Wildman–Crippen LogP) is 3.38. The van der Waals surface area contributed by atoms with Gasteiger partial charge in [-0.15, -0.1) is 11.8 Å². The molecule has 1 saturated heterocycles. The molecule has 1 rings (SSSR count). The van der Waals surface area contributed by atoms with Crippen molar-refractivity contribution in [2.24, 2.45) is 0 Å². The fourth-order valence-electron chi connectivity index (χ4n) is 1.55. The van der Waals surface area contributed by atoms with Crippen LogP contribution in [0.5, 0.6) is 0 Å². The highest BCUT2D eigenvalue weighted by atomic mass is 127. The quantitative estimate of drug-likeness (QED) is 0.588. The van der Waals surface area contributed by atoms with Crippen molar-refractivity contribution in [1.82, 2.24) is 0 Å². The van der Waals surface area contributed by atoms with E-state index < -0.39 is 0 Å². The van der Waals surface area contributed by atoms with Crippen molar-refractivity contribution < 1.29 is 0 Å². The molecule has 0 spiro atoms. The molecule has 68 valence electrons. The van der Waals surface area contributed by atoms with Crippen LogP contribution >= 0.6 is 34.4 Å². The Kier molecular flexibility index (Phi) is 4.73. The van der Waals surface area contributed by atoms with Gasteiger partial charge in [0.2, 0.25) is 0 Å². The summed E-state index contributed by atoms with van der Waals surface area (Å²) in [5.41, 5.74) is 0. The molecule has 1 fully saturated rings. The van der Waals surface area contributed by atoms with Crippen LogP contribution in [0.4, 0.5) is 0 Å². The molecule has 1 atom stereocenters. The van der Waals surface area contributed by atoms with Gasteiger partial charge >= 0.3 is 0 Å². The van der Waals surface area contributed by atoms with Crippen molar-refractivity contribution in [3.63, 3.8) is 0 Å². The van der Waals surface area contributed by atoms with Crippen LogP contribution in [0.15, 0.2) is 0 Å². The van der Waals surface area contributed by atoms with Gasteiger partial charge < -0.3 is 0 Å². The first-order valence-corrected chi connectivity index (χ1v) is 6.95. The fraction of sp³-hybridized carbons (Fsp3) is 0.889. The number of hydrogen-bond donors (Lipinski definition) is 0. The van der Waals surface area contributed by atoms with E-state index in [4.69, 9.17) is 5.26 Å². The van der Waals surface area contributed by atoms with Gasteiger partial charge in [-0.2, -0.15) is 5.26 Å². The van der Waals surface area contributed by atoms with Gasteiger partial charge in [-0.3, -0.25) is 0 Å². The van der Waals surface area contributed by atoms with Gasteiger partial charge in [0.15, 0.2) is 0 Å². The van der Waals surface area contributed by atoms with Crippen molar-refractivity contribution >= 4 is 34.4 Å². The Morgan fingerprint density at radius 3 is 2.83 bits per heavy atom. The molecule has 12 heavy (non-hydrogen) atoms. The van der Waals surface area contributed by atoms with Crippen molar-refractivity contribution in [3.05, 3.63) is 0 Å². The number of halogens is 1. The summed E-state index contributed by atoms with van der Waals surface area (Å²) in [6, 6.07) is 2.51. The van der Waals surface area contributed by atoms with Gasteiger partial charge in [-0.1, -0.05) is 29.0 Å². The van der Waals surface area contributed by atoms with Crippen LogP contribution in [0.3, 0.4) is 0 Å². The van der Waals surface area contributed by atoms with Crippen LogP contribution < -0.4 is 0 Å². The second-order valence-corrected chi connectivity index (χ2v) is 5.76. The lowest BCUT2D eigenvalue weighted by Gasteiger charge is -2.29.